The predicted molar refractivity (Wildman–Crippen MR) is 71.7 cm³/mol. The van der Waals surface area contributed by atoms with Crippen LogP contribution in [0.15, 0.2) is 34.9 Å². The molecule has 0 bridgehead atoms. The van der Waals surface area contributed by atoms with Gasteiger partial charge in [-0.05, 0) is 19.1 Å². The third-order valence-electron chi connectivity index (χ3n) is 2.55. The number of hydrogen-bond acceptors (Lipinski definition) is 2. The summed E-state index contributed by atoms with van der Waals surface area (Å²) in [6.07, 6.45) is 2.03. The molecule has 1 aromatic carbocycles. The van der Waals surface area contributed by atoms with Crippen LogP contribution >= 0.6 is 15.9 Å². The Kier molecular flexibility index (Phi) is 3.97. The summed E-state index contributed by atoms with van der Waals surface area (Å²) >= 11 is 3.43. The summed E-state index contributed by atoms with van der Waals surface area (Å²) in [6, 6.07) is 8.15. The van der Waals surface area contributed by atoms with Crippen LogP contribution in [-0.2, 0) is 18.4 Å². The molecule has 0 atom stereocenters. The number of rotatable bonds is 4. The number of hydrogen-bond donors (Lipinski definition) is 0. The minimum atomic E-state index is 0.559. The molecule has 0 N–H and O–H groups in total. The normalized spacial score (nSPS) is 10.8. The summed E-state index contributed by atoms with van der Waals surface area (Å²) in [7, 11) is 1.99. The van der Waals surface area contributed by atoms with E-state index in [1.165, 1.54) is 0 Å². The highest BCUT2D eigenvalue weighted by Gasteiger charge is 2.06. The van der Waals surface area contributed by atoms with Crippen molar-refractivity contribution in [3.05, 3.63) is 40.8 Å². The highest BCUT2D eigenvalue weighted by molar-refractivity contribution is 9.10. The number of halogens is 1. The van der Waals surface area contributed by atoms with Gasteiger partial charge in [-0.25, -0.2) is 4.98 Å². The van der Waals surface area contributed by atoms with Gasteiger partial charge in [-0.1, -0.05) is 28.1 Å². The minimum Gasteiger partial charge on any atom is -0.374 e. The van der Waals surface area contributed by atoms with Crippen molar-refractivity contribution in [2.45, 2.75) is 13.5 Å². The minimum absolute atomic E-state index is 0.559. The van der Waals surface area contributed by atoms with Crippen LogP contribution < -0.4 is 0 Å². The van der Waals surface area contributed by atoms with Gasteiger partial charge in [0.05, 0.1) is 5.69 Å². The smallest absolute Gasteiger partial charge is 0.135 e. The Balaban J connectivity index is 2.24. The van der Waals surface area contributed by atoms with Gasteiger partial charge in [0.2, 0.25) is 0 Å². The maximum Gasteiger partial charge on any atom is 0.135 e. The molecule has 2 rings (SSSR count). The van der Waals surface area contributed by atoms with Crippen LogP contribution in [0.2, 0.25) is 0 Å². The van der Waals surface area contributed by atoms with Gasteiger partial charge in [-0.2, -0.15) is 0 Å². The fraction of sp³-hybridized carbons (Fsp3) is 0.308. The predicted octanol–water partition coefficient (Wildman–Crippen LogP) is 3.39. The average Bonchev–Trinajstić information content (AvgIpc) is 2.69. The van der Waals surface area contributed by atoms with Crippen molar-refractivity contribution in [2.24, 2.45) is 7.05 Å². The maximum absolute atomic E-state index is 5.38. The molecule has 3 nitrogen and oxygen atoms in total. The van der Waals surface area contributed by atoms with E-state index >= 15 is 0 Å². The highest BCUT2D eigenvalue weighted by Crippen LogP contribution is 2.21. The first-order chi connectivity index (χ1) is 8.20. The summed E-state index contributed by atoms with van der Waals surface area (Å²) < 4.78 is 8.46. The summed E-state index contributed by atoms with van der Waals surface area (Å²) in [6.45, 7) is 3.25. The molecule has 4 heteroatoms. The number of aryl methyl sites for hydroxylation is 1. The monoisotopic (exact) mass is 294 g/mol. The van der Waals surface area contributed by atoms with E-state index in [4.69, 9.17) is 4.74 Å². The van der Waals surface area contributed by atoms with Gasteiger partial charge < -0.3 is 9.30 Å². The van der Waals surface area contributed by atoms with Crippen LogP contribution in [0, 0.1) is 0 Å². The van der Waals surface area contributed by atoms with Crippen LogP contribution in [-0.4, -0.2) is 16.2 Å². The molecule has 0 fully saturated rings. The summed E-state index contributed by atoms with van der Waals surface area (Å²) in [5.41, 5.74) is 2.10. The molecule has 1 heterocycles. The Hall–Kier alpha value is -1.13. The lowest BCUT2D eigenvalue weighted by Crippen LogP contribution is -2.00. The van der Waals surface area contributed by atoms with E-state index in [0.717, 1.165) is 21.6 Å². The molecule has 2 aromatic rings. The number of ether oxygens (including phenoxy) is 1. The van der Waals surface area contributed by atoms with E-state index in [1.807, 2.05) is 36.9 Å². The van der Waals surface area contributed by atoms with Crippen molar-refractivity contribution < 1.29 is 4.74 Å². The average molecular weight is 295 g/mol. The fourth-order valence-electron chi connectivity index (χ4n) is 1.59. The van der Waals surface area contributed by atoms with Gasteiger partial charge in [0.1, 0.15) is 12.4 Å². The van der Waals surface area contributed by atoms with E-state index in [2.05, 4.69) is 33.0 Å². The molecule has 1 aromatic heterocycles. The topological polar surface area (TPSA) is 27.1 Å². The van der Waals surface area contributed by atoms with E-state index < -0.39 is 0 Å². The molecule has 90 valence electrons. The van der Waals surface area contributed by atoms with Crippen molar-refractivity contribution >= 4 is 15.9 Å². The van der Waals surface area contributed by atoms with E-state index in [1.54, 1.807) is 0 Å². The number of aromatic nitrogens is 2. The Morgan fingerprint density at radius 1 is 1.29 bits per heavy atom. The van der Waals surface area contributed by atoms with E-state index in [0.29, 0.717) is 13.2 Å². The summed E-state index contributed by atoms with van der Waals surface area (Å²) in [5, 5.41) is 0. The van der Waals surface area contributed by atoms with Crippen molar-refractivity contribution in [1.29, 1.82) is 0 Å². The van der Waals surface area contributed by atoms with Gasteiger partial charge in [0.15, 0.2) is 0 Å². The summed E-state index contributed by atoms with van der Waals surface area (Å²) in [5.74, 6) is 0.949. The zero-order valence-corrected chi connectivity index (χ0v) is 11.6. The summed E-state index contributed by atoms with van der Waals surface area (Å²) in [4.78, 5) is 4.57. The molecule has 0 saturated carbocycles. The second kappa shape index (κ2) is 5.47. The SMILES string of the molecule is CCOCc1nc(-c2ccc(Br)cc2)cn1C. The van der Waals surface area contributed by atoms with Gasteiger partial charge in [-0.3, -0.25) is 0 Å². The first-order valence-electron chi connectivity index (χ1n) is 5.56. The lowest BCUT2D eigenvalue weighted by Gasteiger charge is -1.99. The molecule has 0 aliphatic heterocycles. The Labute approximate surface area is 110 Å². The van der Waals surface area contributed by atoms with E-state index in [9.17, 15) is 0 Å². The zero-order chi connectivity index (χ0) is 12.3. The first kappa shape index (κ1) is 12.3. The highest BCUT2D eigenvalue weighted by atomic mass is 79.9. The number of imidazole rings is 1. The van der Waals surface area contributed by atoms with Crippen molar-refractivity contribution in [2.75, 3.05) is 6.61 Å². The quantitative estimate of drug-likeness (QED) is 0.864. The standard InChI is InChI=1S/C13H15BrN2O/c1-3-17-9-13-15-12(8-16(13)2)10-4-6-11(14)7-5-10/h4-8H,3,9H2,1-2H3. The Bertz CT molecular complexity index is 491. The van der Waals surface area contributed by atoms with Crippen LogP contribution in [0.4, 0.5) is 0 Å². The largest absolute Gasteiger partial charge is 0.374 e. The number of nitrogens with zero attached hydrogens (tertiary/aromatic N) is 2. The molecule has 0 spiro atoms. The van der Waals surface area contributed by atoms with Gasteiger partial charge in [0, 0.05) is 29.9 Å². The fourth-order valence-corrected chi connectivity index (χ4v) is 1.86. The van der Waals surface area contributed by atoms with Gasteiger partial charge in [0.25, 0.3) is 0 Å². The molecule has 17 heavy (non-hydrogen) atoms. The Morgan fingerprint density at radius 3 is 2.65 bits per heavy atom. The lowest BCUT2D eigenvalue weighted by molar-refractivity contribution is 0.126. The first-order valence-corrected chi connectivity index (χ1v) is 6.36. The molecule has 0 aliphatic rings. The zero-order valence-electron chi connectivity index (χ0n) is 9.98. The molecule has 0 saturated heterocycles. The van der Waals surface area contributed by atoms with Crippen LogP contribution in [0.1, 0.15) is 12.7 Å². The maximum atomic E-state index is 5.38. The van der Waals surface area contributed by atoms with Crippen LogP contribution in [0.5, 0.6) is 0 Å². The molecular weight excluding hydrogens is 280 g/mol. The molecule has 0 amide bonds. The van der Waals surface area contributed by atoms with Crippen LogP contribution in [0.3, 0.4) is 0 Å². The third-order valence-corrected chi connectivity index (χ3v) is 3.08. The van der Waals surface area contributed by atoms with Crippen molar-refractivity contribution in [3.8, 4) is 11.3 Å². The van der Waals surface area contributed by atoms with Gasteiger partial charge in [-0.15, -0.1) is 0 Å². The molecule has 0 aliphatic carbocycles. The molecular formula is C13H15BrN2O. The lowest BCUT2D eigenvalue weighted by atomic mass is 10.2. The molecule has 0 unspecified atom stereocenters. The second-order valence-electron chi connectivity index (χ2n) is 3.80. The van der Waals surface area contributed by atoms with E-state index in [-0.39, 0.29) is 0 Å². The van der Waals surface area contributed by atoms with Crippen molar-refractivity contribution in [1.82, 2.24) is 9.55 Å². The van der Waals surface area contributed by atoms with Crippen LogP contribution in [0.25, 0.3) is 11.3 Å². The third kappa shape index (κ3) is 2.96. The number of benzene rings is 1. The van der Waals surface area contributed by atoms with Crippen molar-refractivity contribution in [3.63, 3.8) is 0 Å². The van der Waals surface area contributed by atoms with Gasteiger partial charge >= 0.3 is 0 Å². The Morgan fingerprint density at radius 2 is 2.00 bits per heavy atom. The molecule has 0 radical (unpaired) electrons. The second-order valence-corrected chi connectivity index (χ2v) is 4.71.